The number of ketones is 1. The molecule has 9 heteroatoms. The highest BCUT2D eigenvalue weighted by atomic mass is 32.2. The molecule has 0 bridgehead atoms. The van der Waals surface area contributed by atoms with Gasteiger partial charge in [0, 0.05) is 28.6 Å². The van der Waals surface area contributed by atoms with Crippen molar-refractivity contribution < 1.29 is 13.2 Å². The number of hydrogen-bond acceptors (Lipinski definition) is 6. The number of Topliss-reactive ketones (excluding diaryl/α,β-unsaturated/α-hetero) is 1. The lowest BCUT2D eigenvalue weighted by Gasteiger charge is -2.16. The van der Waals surface area contributed by atoms with Gasteiger partial charge >= 0.3 is 0 Å². The Kier molecular flexibility index (Phi) is 4.85. The first-order valence-corrected chi connectivity index (χ1v) is 11.3. The molecule has 29 heavy (non-hydrogen) atoms. The van der Waals surface area contributed by atoms with E-state index in [1.54, 1.807) is 0 Å². The Morgan fingerprint density at radius 2 is 1.97 bits per heavy atom. The number of carbonyl (C=O) groups is 1. The van der Waals surface area contributed by atoms with Crippen LogP contribution in [0.15, 0.2) is 30.3 Å². The molecule has 0 saturated carbocycles. The van der Waals surface area contributed by atoms with Crippen molar-refractivity contribution >= 4 is 15.6 Å². The molecule has 1 aliphatic rings. The zero-order valence-electron chi connectivity index (χ0n) is 16.7. The van der Waals surface area contributed by atoms with Gasteiger partial charge in [0.25, 0.3) is 0 Å². The number of nitrogens with zero attached hydrogens (tertiary/aromatic N) is 5. The predicted octanol–water partition coefficient (Wildman–Crippen LogP) is 2.31. The fourth-order valence-electron chi connectivity index (χ4n) is 4.06. The van der Waals surface area contributed by atoms with E-state index >= 15 is 0 Å². The third-order valence-electron chi connectivity index (χ3n) is 5.48. The molecular weight excluding hydrogens is 390 g/mol. The van der Waals surface area contributed by atoms with Gasteiger partial charge in [-0.25, -0.2) is 8.42 Å². The monoisotopic (exact) mass is 413 g/mol. The lowest BCUT2D eigenvalue weighted by molar-refractivity contribution is 0.0960. The Morgan fingerprint density at radius 3 is 2.66 bits per heavy atom. The van der Waals surface area contributed by atoms with Crippen LogP contribution >= 0.6 is 0 Å². The van der Waals surface area contributed by atoms with E-state index in [1.807, 2.05) is 55.7 Å². The Labute approximate surface area is 169 Å². The molecule has 152 valence electrons. The highest BCUT2D eigenvalue weighted by Gasteiger charge is 2.31. The SMILES string of the molecule is Cc1ccccc1-c1nnn(CC(=O)c2cc(C)n([C@H]3CCS(=O)(=O)C3)c2C)n1. The predicted molar refractivity (Wildman–Crippen MR) is 109 cm³/mol. The molecule has 3 aromatic rings. The largest absolute Gasteiger partial charge is 0.344 e. The first-order chi connectivity index (χ1) is 13.7. The summed E-state index contributed by atoms with van der Waals surface area (Å²) in [7, 11) is -3.00. The Morgan fingerprint density at radius 1 is 1.21 bits per heavy atom. The summed E-state index contributed by atoms with van der Waals surface area (Å²) in [4.78, 5) is 14.2. The molecule has 2 aromatic heterocycles. The topological polar surface area (TPSA) is 99.7 Å². The molecule has 1 fully saturated rings. The molecule has 0 aliphatic carbocycles. The van der Waals surface area contributed by atoms with Crippen LogP contribution in [-0.4, -0.2) is 50.5 Å². The average Bonchev–Trinajstić information content (AvgIpc) is 3.33. The number of carbonyl (C=O) groups excluding carboxylic acids is 1. The number of aryl methyl sites for hydroxylation is 2. The highest BCUT2D eigenvalue weighted by molar-refractivity contribution is 7.91. The van der Waals surface area contributed by atoms with E-state index in [0.717, 1.165) is 22.5 Å². The molecular formula is C20H23N5O3S. The van der Waals surface area contributed by atoms with Gasteiger partial charge in [0.2, 0.25) is 5.82 Å². The maximum Gasteiger partial charge on any atom is 0.205 e. The van der Waals surface area contributed by atoms with Crippen molar-refractivity contribution in [2.75, 3.05) is 11.5 Å². The number of rotatable bonds is 5. The second kappa shape index (κ2) is 7.22. The van der Waals surface area contributed by atoms with Gasteiger partial charge in [0.1, 0.15) is 6.54 Å². The smallest absolute Gasteiger partial charge is 0.205 e. The van der Waals surface area contributed by atoms with Crippen molar-refractivity contribution in [1.29, 1.82) is 0 Å². The van der Waals surface area contributed by atoms with Crippen LogP contribution in [-0.2, 0) is 16.4 Å². The summed E-state index contributed by atoms with van der Waals surface area (Å²) in [6, 6.07) is 9.45. The number of tetrazole rings is 1. The fourth-order valence-corrected chi connectivity index (χ4v) is 5.76. The summed E-state index contributed by atoms with van der Waals surface area (Å²) >= 11 is 0. The minimum atomic E-state index is -3.00. The van der Waals surface area contributed by atoms with Crippen molar-refractivity contribution in [2.45, 2.75) is 39.8 Å². The van der Waals surface area contributed by atoms with Gasteiger partial charge in [0.05, 0.1) is 11.5 Å². The van der Waals surface area contributed by atoms with Gasteiger partial charge in [0.15, 0.2) is 15.6 Å². The summed E-state index contributed by atoms with van der Waals surface area (Å²) in [6.45, 7) is 5.71. The molecule has 0 N–H and O–H groups in total. The number of aromatic nitrogens is 5. The molecule has 0 spiro atoms. The van der Waals surface area contributed by atoms with Crippen molar-refractivity contribution in [3.63, 3.8) is 0 Å². The Balaban J connectivity index is 1.56. The maximum atomic E-state index is 12.9. The van der Waals surface area contributed by atoms with Crippen LogP contribution in [0.2, 0.25) is 0 Å². The molecule has 0 amide bonds. The van der Waals surface area contributed by atoms with Gasteiger partial charge in [-0.2, -0.15) is 4.80 Å². The third kappa shape index (κ3) is 3.74. The van der Waals surface area contributed by atoms with Gasteiger partial charge in [-0.15, -0.1) is 10.2 Å². The number of benzene rings is 1. The van der Waals surface area contributed by atoms with E-state index in [2.05, 4.69) is 15.4 Å². The van der Waals surface area contributed by atoms with Crippen LogP contribution in [0.3, 0.4) is 0 Å². The standard InChI is InChI=1S/C20H23N5O3S/c1-13-6-4-5-7-17(13)20-21-23-24(22-20)11-19(26)18-10-14(2)25(15(18)3)16-8-9-29(27,28)12-16/h4-7,10,16H,8-9,11-12H2,1-3H3/t16-/m0/s1. The molecule has 1 saturated heterocycles. The molecule has 4 rings (SSSR count). The molecule has 3 heterocycles. The van der Waals surface area contributed by atoms with E-state index in [1.165, 1.54) is 4.80 Å². The summed E-state index contributed by atoms with van der Waals surface area (Å²) in [6.07, 6.45) is 0.580. The molecule has 1 aliphatic heterocycles. The van der Waals surface area contributed by atoms with Crippen molar-refractivity contribution in [1.82, 2.24) is 24.8 Å². The lowest BCUT2D eigenvalue weighted by Crippen LogP contribution is -2.16. The minimum Gasteiger partial charge on any atom is -0.344 e. The second-order valence-electron chi connectivity index (χ2n) is 7.59. The van der Waals surface area contributed by atoms with Crippen molar-refractivity contribution in [2.24, 2.45) is 0 Å². The van der Waals surface area contributed by atoms with E-state index < -0.39 is 9.84 Å². The van der Waals surface area contributed by atoms with Crippen LogP contribution in [0.25, 0.3) is 11.4 Å². The number of hydrogen-bond donors (Lipinski definition) is 0. The molecule has 0 unspecified atom stereocenters. The fraction of sp³-hybridized carbons (Fsp3) is 0.400. The number of sulfone groups is 1. The summed E-state index contributed by atoms with van der Waals surface area (Å²) in [5.41, 5.74) is 4.16. The van der Waals surface area contributed by atoms with E-state index in [0.29, 0.717) is 17.8 Å². The van der Waals surface area contributed by atoms with Crippen LogP contribution < -0.4 is 0 Å². The van der Waals surface area contributed by atoms with Gasteiger partial charge in [-0.3, -0.25) is 4.79 Å². The van der Waals surface area contributed by atoms with E-state index in [9.17, 15) is 13.2 Å². The first kappa shape index (κ1) is 19.5. The normalized spacial score (nSPS) is 18.2. The van der Waals surface area contributed by atoms with Gasteiger partial charge in [-0.1, -0.05) is 24.3 Å². The van der Waals surface area contributed by atoms with Crippen LogP contribution in [0, 0.1) is 20.8 Å². The Hall–Kier alpha value is -2.81. The minimum absolute atomic E-state index is 0.0217. The van der Waals surface area contributed by atoms with E-state index in [4.69, 9.17) is 0 Å². The zero-order valence-corrected chi connectivity index (χ0v) is 17.5. The highest BCUT2D eigenvalue weighted by Crippen LogP contribution is 2.29. The second-order valence-corrected chi connectivity index (χ2v) is 9.82. The average molecular weight is 414 g/mol. The van der Waals surface area contributed by atoms with Crippen molar-refractivity contribution in [3.8, 4) is 11.4 Å². The quantitative estimate of drug-likeness (QED) is 0.595. The third-order valence-corrected chi connectivity index (χ3v) is 7.23. The van der Waals surface area contributed by atoms with Crippen LogP contribution in [0.4, 0.5) is 0 Å². The Bertz CT molecular complexity index is 1190. The molecule has 1 atom stereocenters. The summed E-state index contributed by atoms with van der Waals surface area (Å²) < 4.78 is 25.7. The van der Waals surface area contributed by atoms with Gasteiger partial charge < -0.3 is 4.57 Å². The van der Waals surface area contributed by atoms with E-state index in [-0.39, 0.29) is 29.9 Å². The first-order valence-electron chi connectivity index (χ1n) is 9.51. The van der Waals surface area contributed by atoms with Crippen LogP contribution in [0.5, 0.6) is 0 Å². The van der Waals surface area contributed by atoms with Gasteiger partial charge in [-0.05, 0) is 44.0 Å². The maximum absolute atomic E-state index is 12.9. The lowest BCUT2D eigenvalue weighted by atomic mass is 10.1. The summed E-state index contributed by atoms with van der Waals surface area (Å²) in [5.74, 6) is 0.681. The molecule has 8 nitrogen and oxygen atoms in total. The summed E-state index contributed by atoms with van der Waals surface area (Å²) in [5, 5.41) is 12.4. The van der Waals surface area contributed by atoms with Crippen molar-refractivity contribution in [3.05, 3.63) is 52.8 Å². The van der Waals surface area contributed by atoms with Crippen LogP contribution in [0.1, 0.15) is 39.8 Å². The molecule has 1 aromatic carbocycles. The zero-order chi connectivity index (χ0) is 20.8. The molecule has 0 radical (unpaired) electrons.